The normalized spacial score (nSPS) is 24.0. The molecule has 0 unspecified atom stereocenters. The van der Waals surface area contributed by atoms with Gasteiger partial charge in [0.15, 0.2) is 0 Å². The number of rotatable bonds is 4. The van der Waals surface area contributed by atoms with Crippen molar-refractivity contribution >= 4 is 11.9 Å². The first-order valence-corrected chi connectivity index (χ1v) is 11.3. The standard InChI is InChI=1S/C23H30N6O/c1-27-16-18(19-11-12-24-23(25-19)28-13-5-6-14-28)21(26-27)20-10-7-15-29(20)22(30)17-8-3-2-4-9-17/h2-3,11-12,16-17,20H,4-10,13-15H2,1H3/t17-,20-/m0/s1. The van der Waals surface area contributed by atoms with Gasteiger partial charge in [-0.2, -0.15) is 5.10 Å². The molecule has 1 amide bonds. The Labute approximate surface area is 177 Å². The average Bonchev–Trinajstić information content (AvgIpc) is 3.54. The zero-order valence-corrected chi connectivity index (χ0v) is 17.7. The van der Waals surface area contributed by atoms with Crippen molar-refractivity contribution in [1.29, 1.82) is 0 Å². The van der Waals surface area contributed by atoms with Crippen molar-refractivity contribution in [2.24, 2.45) is 13.0 Å². The Morgan fingerprint density at radius 2 is 1.97 bits per heavy atom. The van der Waals surface area contributed by atoms with Crippen molar-refractivity contribution in [2.45, 2.75) is 51.0 Å². The highest BCUT2D eigenvalue weighted by Crippen LogP contribution is 2.38. The molecule has 2 fully saturated rings. The summed E-state index contributed by atoms with van der Waals surface area (Å²) in [4.78, 5) is 27.0. The average molecular weight is 407 g/mol. The van der Waals surface area contributed by atoms with Gasteiger partial charge in [0.1, 0.15) is 0 Å². The molecule has 3 aliphatic rings. The maximum Gasteiger partial charge on any atom is 0.226 e. The van der Waals surface area contributed by atoms with E-state index in [1.165, 1.54) is 12.8 Å². The number of nitrogens with zero attached hydrogens (tertiary/aromatic N) is 6. The van der Waals surface area contributed by atoms with Crippen LogP contribution in [-0.4, -0.2) is 50.2 Å². The molecule has 2 aromatic rings. The van der Waals surface area contributed by atoms with E-state index in [-0.39, 0.29) is 12.0 Å². The minimum atomic E-state index is 0.0322. The molecule has 4 heterocycles. The lowest BCUT2D eigenvalue weighted by Crippen LogP contribution is -2.36. The van der Waals surface area contributed by atoms with Crippen LogP contribution < -0.4 is 4.90 Å². The number of hydrogen-bond donors (Lipinski definition) is 0. The predicted octanol–water partition coefficient (Wildman–Crippen LogP) is 3.50. The maximum atomic E-state index is 13.3. The number of anilines is 1. The molecule has 2 saturated heterocycles. The third-order valence-corrected chi connectivity index (χ3v) is 6.63. The van der Waals surface area contributed by atoms with E-state index in [9.17, 15) is 4.79 Å². The highest BCUT2D eigenvalue weighted by Gasteiger charge is 2.36. The fourth-order valence-electron chi connectivity index (χ4n) is 5.08. The second kappa shape index (κ2) is 8.20. The first-order chi connectivity index (χ1) is 14.7. The fraction of sp³-hybridized carbons (Fsp3) is 0.565. The molecule has 0 bridgehead atoms. The van der Waals surface area contributed by atoms with E-state index in [1.54, 1.807) is 0 Å². The molecule has 7 heteroatoms. The van der Waals surface area contributed by atoms with Crippen LogP contribution in [0.15, 0.2) is 30.6 Å². The summed E-state index contributed by atoms with van der Waals surface area (Å²) in [5.41, 5.74) is 2.89. The number of amides is 1. The zero-order chi connectivity index (χ0) is 20.5. The van der Waals surface area contributed by atoms with Crippen LogP contribution in [0.3, 0.4) is 0 Å². The number of aryl methyl sites for hydroxylation is 1. The Morgan fingerprint density at radius 1 is 1.10 bits per heavy atom. The number of allylic oxidation sites excluding steroid dienone is 2. The van der Waals surface area contributed by atoms with Crippen molar-refractivity contribution in [3.05, 3.63) is 36.3 Å². The van der Waals surface area contributed by atoms with E-state index in [1.807, 2.05) is 30.2 Å². The summed E-state index contributed by atoms with van der Waals surface area (Å²) in [5, 5.41) is 4.81. The molecule has 2 aliphatic heterocycles. The molecular formula is C23H30N6O. The lowest BCUT2D eigenvalue weighted by Gasteiger charge is -2.29. The summed E-state index contributed by atoms with van der Waals surface area (Å²) in [5.74, 6) is 1.20. The van der Waals surface area contributed by atoms with Crippen LogP contribution in [0.5, 0.6) is 0 Å². The third kappa shape index (κ3) is 3.61. The molecular weight excluding hydrogens is 376 g/mol. The van der Waals surface area contributed by atoms with Gasteiger partial charge in [-0.05, 0) is 51.0 Å². The van der Waals surface area contributed by atoms with Crippen molar-refractivity contribution < 1.29 is 4.79 Å². The Kier molecular flexibility index (Phi) is 5.27. The molecule has 0 saturated carbocycles. The second-order valence-electron chi connectivity index (χ2n) is 8.71. The minimum Gasteiger partial charge on any atom is -0.341 e. The van der Waals surface area contributed by atoms with Crippen molar-refractivity contribution in [2.75, 3.05) is 24.5 Å². The van der Waals surface area contributed by atoms with Crippen LogP contribution in [-0.2, 0) is 11.8 Å². The fourth-order valence-corrected chi connectivity index (χ4v) is 5.08. The number of hydrogen-bond acceptors (Lipinski definition) is 5. The highest BCUT2D eigenvalue weighted by molar-refractivity contribution is 5.80. The van der Waals surface area contributed by atoms with Crippen molar-refractivity contribution in [3.8, 4) is 11.3 Å². The van der Waals surface area contributed by atoms with Crippen LogP contribution in [0.2, 0.25) is 0 Å². The maximum absolute atomic E-state index is 13.3. The minimum absolute atomic E-state index is 0.0322. The topological polar surface area (TPSA) is 67.2 Å². The molecule has 1 aliphatic carbocycles. The predicted molar refractivity (Wildman–Crippen MR) is 116 cm³/mol. The summed E-state index contributed by atoms with van der Waals surface area (Å²) in [7, 11) is 1.95. The molecule has 0 aromatic carbocycles. The summed E-state index contributed by atoms with van der Waals surface area (Å²) >= 11 is 0. The van der Waals surface area contributed by atoms with Gasteiger partial charge in [-0.1, -0.05) is 12.2 Å². The highest BCUT2D eigenvalue weighted by atomic mass is 16.2. The number of likely N-dealkylation sites (tertiary alicyclic amines) is 1. The summed E-state index contributed by atoms with van der Waals surface area (Å²) in [6.45, 7) is 2.86. The summed E-state index contributed by atoms with van der Waals surface area (Å²) in [6.07, 6.45) is 15.4. The molecule has 0 radical (unpaired) electrons. The number of aromatic nitrogens is 4. The summed E-state index contributed by atoms with van der Waals surface area (Å²) in [6, 6.07) is 2.00. The van der Waals surface area contributed by atoms with Gasteiger partial charge in [-0.25, -0.2) is 9.97 Å². The first kappa shape index (κ1) is 19.3. The molecule has 7 nitrogen and oxygen atoms in total. The Hall–Kier alpha value is -2.70. The largest absolute Gasteiger partial charge is 0.341 e. The van der Waals surface area contributed by atoms with Crippen LogP contribution >= 0.6 is 0 Å². The molecule has 30 heavy (non-hydrogen) atoms. The zero-order valence-electron chi connectivity index (χ0n) is 17.7. The van der Waals surface area contributed by atoms with Gasteiger partial charge < -0.3 is 9.80 Å². The van der Waals surface area contributed by atoms with Crippen LogP contribution in [0.1, 0.15) is 56.7 Å². The van der Waals surface area contributed by atoms with Crippen molar-refractivity contribution in [1.82, 2.24) is 24.6 Å². The number of carbonyl (C=O) groups is 1. The second-order valence-corrected chi connectivity index (χ2v) is 8.71. The van der Waals surface area contributed by atoms with Gasteiger partial charge in [-0.15, -0.1) is 0 Å². The Bertz CT molecular complexity index is 945. The van der Waals surface area contributed by atoms with E-state index in [0.29, 0.717) is 5.91 Å². The third-order valence-electron chi connectivity index (χ3n) is 6.63. The van der Waals surface area contributed by atoms with Crippen LogP contribution in [0.4, 0.5) is 5.95 Å². The first-order valence-electron chi connectivity index (χ1n) is 11.3. The van der Waals surface area contributed by atoms with Gasteiger partial charge in [0.05, 0.1) is 17.4 Å². The lowest BCUT2D eigenvalue weighted by atomic mass is 9.92. The van der Waals surface area contributed by atoms with E-state index >= 15 is 0 Å². The number of carbonyl (C=O) groups excluding carboxylic acids is 1. The smallest absolute Gasteiger partial charge is 0.226 e. The van der Waals surface area contributed by atoms with Gasteiger partial charge in [0.2, 0.25) is 11.9 Å². The van der Waals surface area contributed by atoms with Gasteiger partial charge >= 0.3 is 0 Å². The van der Waals surface area contributed by atoms with Gasteiger partial charge in [0.25, 0.3) is 0 Å². The van der Waals surface area contributed by atoms with E-state index < -0.39 is 0 Å². The molecule has 158 valence electrons. The lowest BCUT2D eigenvalue weighted by molar-refractivity contribution is -0.136. The Balaban J connectivity index is 1.45. The van der Waals surface area contributed by atoms with Gasteiger partial charge in [-0.3, -0.25) is 9.48 Å². The molecule has 0 spiro atoms. The van der Waals surface area contributed by atoms with Crippen molar-refractivity contribution in [3.63, 3.8) is 0 Å². The van der Waals surface area contributed by atoms with E-state index in [2.05, 4.69) is 26.9 Å². The molecule has 5 rings (SSSR count). The molecule has 2 aromatic heterocycles. The molecule has 0 N–H and O–H groups in total. The SMILES string of the molecule is Cn1cc(-c2ccnc(N3CCCC3)n2)c([C@@H]2CCCN2C(=O)[C@H]2CC=CCC2)n1. The quantitative estimate of drug-likeness (QED) is 0.727. The van der Waals surface area contributed by atoms with E-state index in [0.717, 1.165) is 74.6 Å². The van der Waals surface area contributed by atoms with Crippen LogP contribution in [0.25, 0.3) is 11.3 Å². The Morgan fingerprint density at radius 3 is 2.77 bits per heavy atom. The van der Waals surface area contributed by atoms with E-state index in [4.69, 9.17) is 10.1 Å². The van der Waals surface area contributed by atoms with Gasteiger partial charge in [0, 0.05) is 50.6 Å². The molecule has 2 atom stereocenters. The monoisotopic (exact) mass is 406 g/mol. The van der Waals surface area contributed by atoms with Crippen LogP contribution in [0, 0.1) is 5.92 Å². The summed E-state index contributed by atoms with van der Waals surface area (Å²) < 4.78 is 1.85.